The second-order valence-corrected chi connectivity index (χ2v) is 6.33. The van der Waals surface area contributed by atoms with Crippen LogP contribution in [0, 0.1) is 0 Å². The summed E-state index contributed by atoms with van der Waals surface area (Å²) in [6, 6.07) is 0.742. The first-order valence-electron chi connectivity index (χ1n) is 8.00. The summed E-state index contributed by atoms with van der Waals surface area (Å²) in [6.45, 7) is 7.07. The number of aliphatic carboxylic acids is 1. The molecule has 0 aromatic rings. The fourth-order valence-corrected chi connectivity index (χ4v) is 3.47. The Hall–Kier alpha value is -1.30. The van der Waals surface area contributed by atoms with Crippen molar-refractivity contribution in [2.75, 3.05) is 32.7 Å². The van der Waals surface area contributed by atoms with Crippen molar-refractivity contribution in [1.82, 2.24) is 14.7 Å². The molecule has 0 bridgehead atoms. The normalized spacial score (nSPS) is 28.3. The molecule has 2 unspecified atom stereocenters. The first-order valence-corrected chi connectivity index (χ1v) is 8.00. The van der Waals surface area contributed by atoms with Gasteiger partial charge in [0.1, 0.15) is 0 Å². The van der Waals surface area contributed by atoms with Crippen molar-refractivity contribution in [2.24, 2.45) is 0 Å². The number of likely N-dealkylation sites (tertiary alicyclic amines) is 1. The van der Waals surface area contributed by atoms with Crippen LogP contribution in [0.25, 0.3) is 0 Å². The first kappa shape index (κ1) is 16.1. The molecule has 2 aliphatic rings. The Morgan fingerprint density at radius 2 is 1.67 bits per heavy atom. The van der Waals surface area contributed by atoms with Crippen LogP contribution in [0.15, 0.2) is 0 Å². The summed E-state index contributed by atoms with van der Waals surface area (Å²) in [6.07, 6.45) is 4.19. The Morgan fingerprint density at radius 3 is 2.29 bits per heavy atom. The molecule has 2 atom stereocenters. The molecular formula is C15H27N3O3. The van der Waals surface area contributed by atoms with Gasteiger partial charge < -0.3 is 14.9 Å². The zero-order valence-corrected chi connectivity index (χ0v) is 13.1. The van der Waals surface area contributed by atoms with Gasteiger partial charge in [-0.15, -0.1) is 0 Å². The standard InChI is InChI=1S/C15H27N3O3/c1-12-5-3-6-13(2)18(12)15(21)17-8-4-7-16(9-10-17)11-14(19)20/h12-13H,3-11H2,1-2H3,(H,19,20). The first-order chi connectivity index (χ1) is 9.99. The Kier molecular flexibility index (Phi) is 5.45. The topological polar surface area (TPSA) is 64.1 Å². The van der Waals surface area contributed by atoms with Crippen LogP contribution in [0.1, 0.15) is 39.5 Å². The number of carbonyl (C=O) groups excluding carboxylic acids is 1. The number of hydrogen-bond donors (Lipinski definition) is 1. The average molecular weight is 297 g/mol. The van der Waals surface area contributed by atoms with Gasteiger partial charge in [-0.3, -0.25) is 9.69 Å². The van der Waals surface area contributed by atoms with E-state index in [0.717, 1.165) is 32.4 Å². The summed E-state index contributed by atoms with van der Waals surface area (Å²) in [5.41, 5.74) is 0. The minimum Gasteiger partial charge on any atom is -0.480 e. The second-order valence-electron chi connectivity index (χ2n) is 6.33. The van der Waals surface area contributed by atoms with Gasteiger partial charge in [-0.2, -0.15) is 0 Å². The smallest absolute Gasteiger partial charge is 0.320 e. The number of carboxylic acid groups (broad SMARTS) is 1. The lowest BCUT2D eigenvalue weighted by atomic mass is 9.98. The molecule has 0 spiro atoms. The third-order valence-corrected chi connectivity index (χ3v) is 4.63. The molecule has 0 aromatic heterocycles. The zero-order valence-electron chi connectivity index (χ0n) is 13.1. The van der Waals surface area contributed by atoms with Crippen molar-refractivity contribution >= 4 is 12.0 Å². The Balaban J connectivity index is 1.94. The molecule has 0 radical (unpaired) electrons. The van der Waals surface area contributed by atoms with Crippen LogP contribution in [0.4, 0.5) is 4.79 Å². The predicted octanol–water partition coefficient (Wildman–Crippen LogP) is 1.46. The maximum absolute atomic E-state index is 12.8. The number of urea groups is 1. The summed E-state index contributed by atoms with van der Waals surface area (Å²) in [7, 11) is 0. The van der Waals surface area contributed by atoms with Crippen LogP contribution >= 0.6 is 0 Å². The van der Waals surface area contributed by atoms with Crippen LogP contribution in [-0.4, -0.2) is 76.6 Å². The van der Waals surface area contributed by atoms with Gasteiger partial charge in [-0.25, -0.2) is 4.79 Å². The van der Waals surface area contributed by atoms with Crippen molar-refractivity contribution in [3.8, 4) is 0 Å². The van der Waals surface area contributed by atoms with Gasteiger partial charge in [0.25, 0.3) is 0 Å². The molecule has 2 saturated heterocycles. The van der Waals surface area contributed by atoms with E-state index in [-0.39, 0.29) is 12.6 Å². The van der Waals surface area contributed by atoms with E-state index < -0.39 is 5.97 Å². The molecule has 0 aliphatic carbocycles. The van der Waals surface area contributed by atoms with E-state index >= 15 is 0 Å². The number of piperidine rings is 1. The van der Waals surface area contributed by atoms with Gasteiger partial charge in [0.05, 0.1) is 6.54 Å². The maximum Gasteiger partial charge on any atom is 0.320 e. The van der Waals surface area contributed by atoms with E-state index in [2.05, 4.69) is 13.8 Å². The van der Waals surface area contributed by atoms with Crippen molar-refractivity contribution in [3.63, 3.8) is 0 Å². The lowest BCUT2D eigenvalue weighted by Gasteiger charge is -2.41. The van der Waals surface area contributed by atoms with E-state index in [9.17, 15) is 9.59 Å². The maximum atomic E-state index is 12.8. The van der Waals surface area contributed by atoms with E-state index in [0.29, 0.717) is 25.2 Å². The number of rotatable bonds is 2. The highest BCUT2D eigenvalue weighted by atomic mass is 16.4. The molecule has 2 aliphatic heterocycles. The molecule has 21 heavy (non-hydrogen) atoms. The summed E-state index contributed by atoms with van der Waals surface area (Å²) in [5.74, 6) is -0.798. The number of carboxylic acids is 1. The Labute approximate surface area is 126 Å². The van der Waals surface area contributed by atoms with E-state index in [1.54, 1.807) is 0 Å². The van der Waals surface area contributed by atoms with Crippen molar-refractivity contribution in [1.29, 1.82) is 0 Å². The van der Waals surface area contributed by atoms with Gasteiger partial charge in [-0.05, 0) is 39.5 Å². The molecule has 6 nitrogen and oxygen atoms in total. The third kappa shape index (κ3) is 4.09. The SMILES string of the molecule is CC1CCCC(C)N1C(=O)N1CCCN(CC(=O)O)CC1. The van der Waals surface area contributed by atoms with Gasteiger partial charge in [0.2, 0.25) is 0 Å². The molecule has 120 valence electrons. The van der Waals surface area contributed by atoms with Gasteiger partial charge in [0, 0.05) is 38.3 Å². The lowest BCUT2D eigenvalue weighted by molar-refractivity contribution is -0.138. The monoisotopic (exact) mass is 297 g/mol. The average Bonchev–Trinajstić information content (AvgIpc) is 2.63. The van der Waals surface area contributed by atoms with E-state index in [1.165, 1.54) is 6.42 Å². The molecule has 2 amide bonds. The highest BCUT2D eigenvalue weighted by Gasteiger charge is 2.32. The highest BCUT2D eigenvalue weighted by Crippen LogP contribution is 2.24. The molecule has 6 heteroatoms. The second kappa shape index (κ2) is 7.11. The highest BCUT2D eigenvalue weighted by molar-refractivity contribution is 5.75. The number of hydrogen-bond acceptors (Lipinski definition) is 3. The summed E-state index contributed by atoms with van der Waals surface area (Å²) in [4.78, 5) is 29.4. The van der Waals surface area contributed by atoms with Crippen LogP contribution in [0.5, 0.6) is 0 Å². The van der Waals surface area contributed by atoms with Gasteiger partial charge in [0.15, 0.2) is 0 Å². The lowest BCUT2D eigenvalue weighted by Crippen LogP contribution is -2.53. The van der Waals surface area contributed by atoms with Crippen LogP contribution in [-0.2, 0) is 4.79 Å². The zero-order chi connectivity index (χ0) is 15.4. The molecule has 2 fully saturated rings. The van der Waals surface area contributed by atoms with Crippen molar-refractivity contribution in [3.05, 3.63) is 0 Å². The number of amides is 2. The van der Waals surface area contributed by atoms with Crippen LogP contribution in [0.2, 0.25) is 0 Å². The van der Waals surface area contributed by atoms with Gasteiger partial charge in [-0.1, -0.05) is 0 Å². The predicted molar refractivity (Wildman–Crippen MR) is 80.3 cm³/mol. The quantitative estimate of drug-likeness (QED) is 0.838. The molecule has 1 N–H and O–H groups in total. The van der Waals surface area contributed by atoms with Crippen molar-refractivity contribution < 1.29 is 14.7 Å². The Morgan fingerprint density at radius 1 is 1.00 bits per heavy atom. The summed E-state index contributed by atoms with van der Waals surface area (Å²) in [5, 5.41) is 8.88. The minimum atomic E-state index is -0.798. The third-order valence-electron chi connectivity index (χ3n) is 4.63. The van der Waals surface area contributed by atoms with Crippen LogP contribution in [0.3, 0.4) is 0 Å². The van der Waals surface area contributed by atoms with Crippen molar-refractivity contribution in [2.45, 2.75) is 51.6 Å². The summed E-state index contributed by atoms with van der Waals surface area (Å²) < 4.78 is 0. The fraction of sp³-hybridized carbons (Fsp3) is 0.867. The molecule has 0 saturated carbocycles. The molecule has 2 rings (SSSR count). The van der Waals surface area contributed by atoms with Crippen LogP contribution < -0.4 is 0 Å². The minimum absolute atomic E-state index is 0.0680. The van der Waals surface area contributed by atoms with Gasteiger partial charge >= 0.3 is 12.0 Å². The Bertz CT molecular complexity index is 378. The molecular weight excluding hydrogens is 270 g/mol. The van der Waals surface area contributed by atoms with E-state index in [1.807, 2.05) is 14.7 Å². The van der Waals surface area contributed by atoms with E-state index in [4.69, 9.17) is 5.11 Å². The number of nitrogens with zero attached hydrogens (tertiary/aromatic N) is 3. The molecule has 0 aromatic carbocycles. The molecule has 2 heterocycles. The number of carbonyl (C=O) groups is 2. The fourth-order valence-electron chi connectivity index (χ4n) is 3.47. The summed E-state index contributed by atoms with van der Waals surface area (Å²) >= 11 is 0. The largest absolute Gasteiger partial charge is 0.480 e.